The fourth-order valence-corrected chi connectivity index (χ4v) is 2.37. The maximum absolute atomic E-state index is 11.9. The molecule has 0 saturated carbocycles. The molecule has 2 aromatic rings. The zero-order valence-corrected chi connectivity index (χ0v) is 11.5. The Hall–Kier alpha value is -1.61. The van der Waals surface area contributed by atoms with Gasteiger partial charge in [0, 0.05) is 12.1 Å². The van der Waals surface area contributed by atoms with Crippen LogP contribution in [0, 0.1) is 0 Å². The van der Waals surface area contributed by atoms with Crippen LogP contribution < -0.4 is 5.32 Å². The minimum absolute atomic E-state index is 0.0171. The van der Waals surface area contributed by atoms with Crippen molar-refractivity contribution in [3.8, 4) is 0 Å². The lowest BCUT2D eigenvalue weighted by Gasteiger charge is -2.07. The summed E-state index contributed by atoms with van der Waals surface area (Å²) in [5.74, 6) is 0.476. The first-order valence-corrected chi connectivity index (χ1v) is 7.00. The minimum atomic E-state index is -0.0171. The van der Waals surface area contributed by atoms with Crippen molar-refractivity contribution in [1.29, 1.82) is 0 Å². The summed E-state index contributed by atoms with van der Waals surface area (Å²) in [6, 6.07) is 9.83. The first-order valence-electron chi connectivity index (χ1n) is 6.06. The molecular formula is C15H17NOS. The second-order valence-electron chi connectivity index (χ2n) is 4.59. The van der Waals surface area contributed by atoms with Gasteiger partial charge in [0.2, 0.25) is 0 Å². The maximum Gasteiger partial charge on any atom is 0.251 e. The Bertz CT molecular complexity index is 500. The lowest BCUT2D eigenvalue weighted by atomic mass is 10.0. The summed E-state index contributed by atoms with van der Waals surface area (Å²) in [6.07, 6.45) is 0. The number of hydrogen-bond acceptors (Lipinski definition) is 2. The van der Waals surface area contributed by atoms with E-state index in [9.17, 15) is 4.79 Å². The van der Waals surface area contributed by atoms with Crippen LogP contribution in [-0.2, 0) is 6.54 Å². The van der Waals surface area contributed by atoms with Crippen LogP contribution in [0.4, 0.5) is 0 Å². The number of rotatable bonds is 4. The molecule has 94 valence electrons. The topological polar surface area (TPSA) is 29.1 Å². The van der Waals surface area contributed by atoms with Gasteiger partial charge < -0.3 is 5.32 Å². The Balaban J connectivity index is 1.96. The SMILES string of the molecule is CC(C)c1ccc(C(=O)NCc2ccsc2)cc1. The second kappa shape index (κ2) is 5.83. The van der Waals surface area contributed by atoms with Gasteiger partial charge >= 0.3 is 0 Å². The predicted molar refractivity (Wildman–Crippen MR) is 76.0 cm³/mol. The number of hydrogen-bond donors (Lipinski definition) is 1. The summed E-state index contributed by atoms with van der Waals surface area (Å²) < 4.78 is 0. The van der Waals surface area contributed by atoms with Crippen LogP contribution in [0.15, 0.2) is 41.1 Å². The number of carbonyl (C=O) groups excluding carboxylic acids is 1. The zero-order chi connectivity index (χ0) is 13.0. The minimum Gasteiger partial charge on any atom is -0.348 e. The van der Waals surface area contributed by atoms with E-state index in [2.05, 4.69) is 19.2 Å². The van der Waals surface area contributed by atoms with Crippen LogP contribution in [0.2, 0.25) is 0 Å². The summed E-state index contributed by atoms with van der Waals surface area (Å²) in [4.78, 5) is 11.9. The molecule has 0 aliphatic heterocycles. The molecule has 1 aromatic heterocycles. The molecule has 3 heteroatoms. The average Bonchev–Trinajstić information content (AvgIpc) is 2.89. The second-order valence-corrected chi connectivity index (χ2v) is 5.37. The molecule has 1 N–H and O–H groups in total. The van der Waals surface area contributed by atoms with Crippen molar-refractivity contribution in [2.45, 2.75) is 26.3 Å². The monoisotopic (exact) mass is 259 g/mol. The highest BCUT2D eigenvalue weighted by Crippen LogP contribution is 2.14. The van der Waals surface area contributed by atoms with Gasteiger partial charge in [-0.05, 0) is 46.0 Å². The van der Waals surface area contributed by atoms with E-state index in [0.717, 1.165) is 11.1 Å². The maximum atomic E-state index is 11.9. The fourth-order valence-electron chi connectivity index (χ4n) is 1.70. The Morgan fingerprint density at radius 2 is 1.94 bits per heavy atom. The van der Waals surface area contributed by atoms with Gasteiger partial charge in [0.1, 0.15) is 0 Å². The van der Waals surface area contributed by atoms with Crippen LogP contribution in [0.5, 0.6) is 0 Å². The van der Waals surface area contributed by atoms with Crippen molar-refractivity contribution in [2.24, 2.45) is 0 Å². The summed E-state index contributed by atoms with van der Waals surface area (Å²) in [5, 5.41) is 6.97. The van der Waals surface area contributed by atoms with Crippen LogP contribution in [-0.4, -0.2) is 5.91 Å². The highest BCUT2D eigenvalue weighted by molar-refractivity contribution is 7.07. The van der Waals surface area contributed by atoms with Crippen LogP contribution >= 0.6 is 11.3 Å². The standard InChI is InChI=1S/C15H17NOS/c1-11(2)13-3-5-14(6-4-13)15(17)16-9-12-7-8-18-10-12/h3-8,10-11H,9H2,1-2H3,(H,16,17). The molecule has 1 aromatic carbocycles. The van der Waals surface area contributed by atoms with Gasteiger partial charge in [-0.25, -0.2) is 0 Å². The Morgan fingerprint density at radius 1 is 1.22 bits per heavy atom. The quantitative estimate of drug-likeness (QED) is 0.889. The van der Waals surface area contributed by atoms with Gasteiger partial charge in [-0.1, -0.05) is 26.0 Å². The summed E-state index contributed by atoms with van der Waals surface area (Å²) in [7, 11) is 0. The third-order valence-corrected chi connectivity index (χ3v) is 3.60. The fraction of sp³-hybridized carbons (Fsp3) is 0.267. The molecular weight excluding hydrogens is 242 g/mol. The number of nitrogens with one attached hydrogen (secondary N) is 1. The van der Waals surface area contributed by atoms with E-state index in [4.69, 9.17) is 0 Å². The molecule has 2 rings (SSSR count). The van der Waals surface area contributed by atoms with Gasteiger partial charge in [-0.15, -0.1) is 0 Å². The highest BCUT2D eigenvalue weighted by atomic mass is 32.1. The molecule has 1 heterocycles. The molecule has 0 unspecified atom stereocenters. The average molecular weight is 259 g/mol. The van der Waals surface area contributed by atoms with Crippen molar-refractivity contribution < 1.29 is 4.79 Å². The summed E-state index contributed by atoms with van der Waals surface area (Å²) in [5.41, 5.74) is 3.12. The number of benzene rings is 1. The molecule has 18 heavy (non-hydrogen) atoms. The molecule has 1 amide bonds. The van der Waals surface area contributed by atoms with Crippen molar-refractivity contribution >= 4 is 17.2 Å². The van der Waals surface area contributed by atoms with Gasteiger partial charge in [-0.3, -0.25) is 4.79 Å². The van der Waals surface area contributed by atoms with E-state index in [1.54, 1.807) is 11.3 Å². The van der Waals surface area contributed by atoms with Crippen molar-refractivity contribution in [3.05, 3.63) is 57.8 Å². The van der Waals surface area contributed by atoms with Crippen molar-refractivity contribution in [2.75, 3.05) is 0 Å². The Morgan fingerprint density at radius 3 is 2.50 bits per heavy atom. The van der Waals surface area contributed by atoms with Crippen LogP contribution in [0.25, 0.3) is 0 Å². The largest absolute Gasteiger partial charge is 0.348 e. The first kappa shape index (κ1) is 12.8. The number of carbonyl (C=O) groups is 1. The zero-order valence-electron chi connectivity index (χ0n) is 10.6. The van der Waals surface area contributed by atoms with Crippen molar-refractivity contribution in [1.82, 2.24) is 5.32 Å². The lowest BCUT2D eigenvalue weighted by Crippen LogP contribution is -2.22. The first-order chi connectivity index (χ1) is 8.66. The molecule has 2 nitrogen and oxygen atoms in total. The summed E-state index contributed by atoms with van der Waals surface area (Å²) in [6.45, 7) is 4.88. The third-order valence-electron chi connectivity index (χ3n) is 2.87. The summed E-state index contributed by atoms with van der Waals surface area (Å²) >= 11 is 1.64. The molecule has 0 radical (unpaired) electrons. The normalized spacial score (nSPS) is 10.6. The third kappa shape index (κ3) is 3.20. The number of thiophene rings is 1. The predicted octanol–water partition coefficient (Wildman–Crippen LogP) is 3.80. The van der Waals surface area contributed by atoms with E-state index in [-0.39, 0.29) is 5.91 Å². The molecule has 0 aliphatic carbocycles. The lowest BCUT2D eigenvalue weighted by molar-refractivity contribution is 0.0951. The Labute approximate surface area is 112 Å². The molecule has 0 aliphatic rings. The van der Waals surface area contributed by atoms with E-state index < -0.39 is 0 Å². The van der Waals surface area contributed by atoms with Gasteiger partial charge in [0.15, 0.2) is 0 Å². The van der Waals surface area contributed by atoms with Gasteiger partial charge in [0.05, 0.1) is 0 Å². The van der Waals surface area contributed by atoms with E-state index in [1.807, 2.05) is 41.1 Å². The molecule has 0 fully saturated rings. The highest BCUT2D eigenvalue weighted by Gasteiger charge is 2.06. The van der Waals surface area contributed by atoms with Crippen molar-refractivity contribution in [3.63, 3.8) is 0 Å². The van der Waals surface area contributed by atoms with E-state index >= 15 is 0 Å². The van der Waals surface area contributed by atoms with Gasteiger partial charge in [0.25, 0.3) is 5.91 Å². The number of amides is 1. The van der Waals surface area contributed by atoms with Crippen LogP contribution in [0.3, 0.4) is 0 Å². The molecule has 0 saturated heterocycles. The van der Waals surface area contributed by atoms with Crippen LogP contribution in [0.1, 0.15) is 41.3 Å². The molecule has 0 spiro atoms. The van der Waals surface area contributed by atoms with Gasteiger partial charge in [-0.2, -0.15) is 11.3 Å². The molecule has 0 bridgehead atoms. The smallest absolute Gasteiger partial charge is 0.251 e. The molecule has 0 atom stereocenters. The van der Waals surface area contributed by atoms with E-state index in [0.29, 0.717) is 12.5 Å². The van der Waals surface area contributed by atoms with E-state index in [1.165, 1.54) is 5.56 Å². The Kier molecular flexibility index (Phi) is 4.15.